The molecule has 0 spiro atoms. The molecule has 2 rings (SSSR count). The summed E-state index contributed by atoms with van der Waals surface area (Å²) in [5.41, 5.74) is 6.65. The summed E-state index contributed by atoms with van der Waals surface area (Å²) < 4.78 is 5.36. The van der Waals surface area contributed by atoms with Gasteiger partial charge in [-0.25, -0.2) is 4.79 Å². The Kier molecular flexibility index (Phi) is 6.61. The predicted molar refractivity (Wildman–Crippen MR) is 92.2 cm³/mol. The third-order valence-electron chi connectivity index (χ3n) is 4.31. The molecule has 1 aliphatic heterocycles. The second-order valence-electron chi connectivity index (χ2n) is 6.31. The number of likely N-dealkylation sites (tertiary alicyclic amines) is 1. The molecule has 24 heavy (non-hydrogen) atoms. The quantitative estimate of drug-likeness (QED) is 0.862. The Balaban J connectivity index is 1.79. The second-order valence-corrected chi connectivity index (χ2v) is 6.31. The third kappa shape index (κ3) is 4.96. The maximum atomic E-state index is 12.2. The van der Waals surface area contributed by atoms with Gasteiger partial charge in [0.15, 0.2) is 0 Å². The molecule has 1 heterocycles. The summed E-state index contributed by atoms with van der Waals surface area (Å²) in [7, 11) is 0. The zero-order chi connectivity index (χ0) is 17.5. The summed E-state index contributed by atoms with van der Waals surface area (Å²) in [5.74, 6) is 0.236. The lowest BCUT2D eigenvalue weighted by molar-refractivity contribution is -0.132. The molecule has 1 unspecified atom stereocenters. The summed E-state index contributed by atoms with van der Waals surface area (Å²) in [6.07, 6.45) is 0.589. The Labute approximate surface area is 143 Å². The van der Waals surface area contributed by atoms with E-state index in [4.69, 9.17) is 10.5 Å². The van der Waals surface area contributed by atoms with E-state index in [2.05, 4.69) is 0 Å². The molecule has 1 aromatic rings. The molecule has 1 saturated heterocycles. The average Bonchev–Trinajstić information content (AvgIpc) is 3.06. The zero-order valence-corrected chi connectivity index (χ0v) is 14.5. The van der Waals surface area contributed by atoms with Crippen LogP contribution in [0.1, 0.15) is 25.8 Å². The molecule has 2 amide bonds. The van der Waals surface area contributed by atoms with E-state index >= 15 is 0 Å². The molecule has 0 aliphatic carbocycles. The van der Waals surface area contributed by atoms with E-state index in [9.17, 15) is 9.59 Å². The zero-order valence-electron chi connectivity index (χ0n) is 14.5. The van der Waals surface area contributed by atoms with Crippen LogP contribution in [0.4, 0.5) is 4.79 Å². The predicted octanol–water partition coefficient (Wildman–Crippen LogP) is 1.84. The fraction of sp³-hybridized carbons (Fsp3) is 0.556. The number of nitrogens with zero attached hydrogens (tertiary/aromatic N) is 2. The molecule has 0 saturated carbocycles. The van der Waals surface area contributed by atoms with Crippen LogP contribution in [0.2, 0.25) is 0 Å². The Hall–Kier alpha value is -2.08. The van der Waals surface area contributed by atoms with Gasteiger partial charge in [-0.05, 0) is 31.7 Å². The van der Waals surface area contributed by atoms with E-state index in [1.807, 2.05) is 37.3 Å². The maximum absolute atomic E-state index is 12.2. The first-order valence-corrected chi connectivity index (χ1v) is 8.51. The van der Waals surface area contributed by atoms with Gasteiger partial charge in [0.05, 0.1) is 6.04 Å². The Morgan fingerprint density at radius 2 is 2.08 bits per heavy atom. The minimum Gasteiger partial charge on any atom is -0.445 e. The molecule has 1 aliphatic rings. The van der Waals surface area contributed by atoms with Crippen LogP contribution in [0, 0.1) is 5.92 Å². The molecule has 1 fully saturated rings. The van der Waals surface area contributed by atoms with Gasteiger partial charge in [0.1, 0.15) is 6.61 Å². The molecule has 132 valence electrons. The van der Waals surface area contributed by atoms with Gasteiger partial charge in [-0.15, -0.1) is 0 Å². The molecule has 6 heteroatoms. The fourth-order valence-electron chi connectivity index (χ4n) is 2.93. The smallest absolute Gasteiger partial charge is 0.410 e. The van der Waals surface area contributed by atoms with Gasteiger partial charge in [0.2, 0.25) is 5.91 Å². The molecule has 2 N–H and O–H groups in total. The minimum absolute atomic E-state index is 0.0393. The number of rotatable bonds is 6. The molecule has 2 atom stereocenters. The first-order valence-electron chi connectivity index (χ1n) is 8.51. The molecule has 6 nitrogen and oxygen atoms in total. The first-order chi connectivity index (χ1) is 11.5. The van der Waals surface area contributed by atoms with Crippen molar-refractivity contribution >= 4 is 12.0 Å². The summed E-state index contributed by atoms with van der Waals surface area (Å²) in [5, 5.41) is 0. The van der Waals surface area contributed by atoms with Crippen molar-refractivity contribution in [3.05, 3.63) is 35.9 Å². The molecule has 0 aromatic heterocycles. The van der Waals surface area contributed by atoms with Crippen molar-refractivity contribution in [3.8, 4) is 0 Å². The van der Waals surface area contributed by atoms with Gasteiger partial charge in [-0.1, -0.05) is 30.3 Å². The molecule has 0 bridgehead atoms. The lowest BCUT2D eigenvalue weighted by atomic mass is 10.1. The normalized spacial score (nSPS) is 18.3. The van der Waals surface area contributed by atoms with Crippen LogP contribution in [-0.2, 0) is 16.1 Å². The van der Waals surface area contributed by atoms with Gasteiger partial charge in [-0.2, -0.15) is 0 Å². The van der Waals surface area contributed by atoms with E-state index in [1.54, 1.807) is 16.7 Å². The number of amides is 2. The number of carbonyl (C=O) groups is 2. The Morgan fingerprint density at radius 3 is 2.71 bits per heavy atom. The van der Waals surface area contributed by atoms with Crippen molar-refractivity contribution < 1.29 is 14.3 Å². The van der Waals surface area contributed by atoms with Crippen LogP contribution in [0.5, 0.6) is 0 Å². The molecular formula is C18H27N3O3. The summed E-state index contributed by atoms with van der Waals surface area (Å²) >= 11 is 0. The van der Waals surface area contributed by atoms with Crippen molar-refractivity contribution in [2.75, 3.05) is 26.2 Å². The van der Waals surface area contributed by atoms with Gasteiger partial charge in [0.25, 0.3) is 0 Å². The van der Waals surface area contributed by atoms with Crippen molar-refractivity contribution in [3.63, 3.8) is 0 Å². The third-order valence-corrected chi connectivity index (χ3v) is 4.31. The number of nitrogens with two attached hydrogens (primary N) is 1. The standard InChI is InChI=1S/C18H27N3O3/c1-3-20(17(22)14(2)19)11-16-9-10-21(12-16)18(23)24-13-15-7-5-4-6-8-15/h4-8,14,16H,3,9-13,19H2,1-2H3/t14-,16?/m0/s1. The van der Waals surface area contributed by atoms with Gasteiger partial charge in [-0.3, -0.25) is 4.79 Å². The van der Waals surface area contributed by atoms with Crippen LogP contribution in [0.15, 0.2) is 30.3 Å². The van der Waals surface area contributed by atoms with Gasteiger partial charge >= 0.3 is 6.09 Å². The average molecular weight is 333 g/mol. The van der Waals surface area contributed by atoms with E-state index < -0.39 is 6.04 Å². The van der Waals surface area contributed by atoms with Crippen molar-refractivity contribution in [2.45, 2.75) is 32.9 Å². The Morgan fingerprint density at radius 1 is 1.38 bits per heavy atom. The van der Waals surface area contributed by atoms with Crippen LogP contribution in [0.25, 0.3) is 0 Å². The number of ether oxygens (including phenoxy) is 1. The molecule has 1 aromatic carbocycles. The summed E-state index contributed by atoms with van der Waals surface area (Å²) in [4.78, 5) is 27.7. The largest absolute Gasteiger partial charge is 0.445 e. The van der Waals surface area contributed by atoms with Crippen LogP contribution in [0.3, 0.4) is 0 Å². The highest BCUT2D eigenvalue weighted by Crippen LogP contribution is 2.19. The van der Waals surface area contributed by atoms with Crippen LogP contribution < -0.4 is 5.73 Å². The van der Waals surface area contributed by atoms with Crippen molar-refractivity contribution in [1.82, 2.24) is 9.80 Å². The topological polar surface area (TPSA) is 75.9 Å². The minimum atomic E-state index is -0.488. The second kappa shape index (κ2) is 8.68. The summed E-state index contributed by atoms with van der Waals surface area (Å²) in [6, 6.07) is 9.14. The fourth-order valence-corrected chi connectivity index (χ4v) is 2.93. The number of carbonyl (C=O) groups excluding carboxylic acids is 2. The van der Waals surface area contributed by atoms with Crippen molar-refractivity contribution in [1.29, 1.82) is 0 Å². The summed E-state index contributed by atoms with van der Waals surface area (Å²) in [6.45, 7) is 6.49. The van der Waals surface area contributed by atoms with Gasteiger partial charge in [0, 0.05) is 26.2 Å². The van der Waals surface area contributed by atoms with Crippen molar-refractivity contribution in [2.24, 2.45) is 11.7 Å². The maximum Gasteiger partial charge on any atom is 0.410 e. The monoisotopic (exact) mass is 333 g/mol. The lowest BCUT2D eigenvalue weighted by Crippen LogP contribution is -2.44. The van der Waals surface area contributed by atoms with E-state index in [-0.39, 0.29) is 24.5 Å². The van der Waals surface area contributed by atoms with Crippen LogP contribution >= 0.6 is 0 Å². The SMILES string of the molecule is CCN(CC1CCN(C(=O)OCc2ccccc2)C1)C(=O)[C@H](C)N. The highest BCUT2D eigenvalue weighted by Gasteiger charge is 2.29. The molecule has 0 radical (unpaired) electrons. The first kappa shape index (κ1) is 18.3. The number of hydrogen-bond acceptors (Lipinski definition) is 4. The van der Waals surface area contributed by atoms with Gasteiger partial charge < -0.3 is 20.3 Å². The Bertz CT molecular complexity index is 548. The van der Waals surface area contributed by atoms with Crippen LogP contribution in [-0.4, -0.2) is 54.0 Å². The van der Waals surface area contributed by atoms with E-state index in [1.165, 1.54) is 0 Å². The number of likely N-dealkylation sites (N-methyl/N-ethyl adjacent to an activating group) is 1. The molecular weight excluding hydrogens is 306 g/mol. The number of benzene rings is 1. The lowest BCUT2D eigenvalue weighted by Gasteiger charge is -2.26. The number of hydrogen-bond donors (Lipinski definition) is 1. The highest BCUT2D eigenvalue weighted by atomic mass is 16.6. The van der Waals surface area contributed by atoms with E-state index in [0.29, 0.717) is 26.2 Å². The highest BCUT2D eigenvalue weighted by molar-refractivity contribution is 5.81. The van der Waals surface area contributed by atoms with E-state index in [0.717, 1.165) is 12.0 Å².